The van der Waals surface area contributed by atoms with Gasteiger partial charge in [0.15, 0.2) is 0 Å². The van der Waals surface area contributed by atoms with Gasteiger partial charge in [-0.1, -0.05) is 58.7 Å². The first-order valence-corrected chi connectivity index (χ1v) is 8.96. The van der Waals surface area contributed by atoms with Crippen molar-refractivity contribution in [3.8, 4) is 12.3 Å². The highest BCUT2D eigenvalue weighted by Gasteiger charge is 1.99. The van der Waals surface area contributed by atoms with Crippen LogP contribution in [-0.2, 0) is 11.4 Å². The molecule has 0 radical (unpaired) electrons. The Morgan fingerprint density at radius 1 is 1.24 bits per heavy atom. The van der Waals surface area contributed by atoms with E-state index >= 15 is 0 Å². The van der Waals surface area contributed by atoms with E-state index in [1.807, 2.05) is 50.4 Å². The Morgan fingerprint density at radius 2 is 1.88 bits per heavy atom. The summed E-state index contributed by atoms with van der Waals surface area (Å²) < 4.78 is 2.93. The summed E-state index contributed by atoms with van der Waals surface area (Å²) in [5.41, 5.74) is 1.14. The van der Waals surface area contributed by atoms with E-state index in [0.29, 0.717) is 16.7 Å². The number of nitrogens with zero attached hydrogens (tertiary/aromatic N) is 1. The Labute approximate surface area is 164 Å². The summed E-state index contributed by atoms with van der Waals surface area (Å²) in [5.74, 6) is 2.25. The zero-order chi connectivity index (χ0) is 18.9. The third-order valence-corrected chi connectivity index (χ3v) is 3.80. The van der Waals surface area contributed by atoms with Crippen molar-refractivity contribution in [3.05, 3.63) is 64.1 Å². The number of hydrogen-bond donors (Lipinski definition) is 1. The van der Waals surface area contributed by atoms with Crippen LogP contribution in [0.2, 0.25) is 10.0 Å². The van der Waals surface area contributed by atoms with Gasteiger partial charge in [-0.25, -0.2) is 0 Å². The van der Waals surface area contributed by atoms with Crippen LogP contribution < -0.4 is 4.72 Å². The van der Waals surface area contributed by atoms with Gasteiger partial charge in [0.2, 0.25) is 0 Å². The first kappa shape index (κ1) is 23.4. The second-order valence-electron chi connectivity index (χ2n) is 4.29. The molecule has 25 heavy (non-hydrogen) atoms. The predicted octanol–water partition coefficient (Wildman–Crippen LogP) is 6.07. The van der Waals surface area contributed by atoms with Crippen LogP contribution in [0.1, 0.15) is 19.4 Å². The number of halogens is 2. The molecule has 2 aromatic rings. The third kappa shape index (κ3) is 12.4. The summed E-state index contributed by atoms with van der Waals surface area (Å²) in [7, 11) is 1.84. The maximum Gasteiger partial charge on any atom is 0.142 e. The van der Waals surface area contributed by atoms with Crippen molar-refractivity contribution in [2.75, 3.05) is 7.05 Å². The molecule has 0 amide bonds. The summed E-state index contributed by atoms with van der Waals surface area (Å²) in [6.45, 7) is 4.02. The van der Waals surface area contributed by atoms with E-state index in [4.69, 9.17) is 28.0 Å². The largest absolute Gasteiger partial charge is 0.391 e. The van der Waals surface area contributed by atoms with E-state index in [0.717, 1.165) is 10.5 Å². The van der Waals surface area contributed by atoms with Gasteiger partial charge in [-0.05, 0) is 56.6 Å². The van der Waals surface area contributed by atoms with Crippen molar-refractivity contribution in [2.24, 2.45) is 5.16 Å². The number of benzene rings is 2. The van der Waals surface area contributed by atoms with Crippen molar-refractivity contribution in [2.45, 2.75) is 25.3 Å². The number of hydrogen-bond acceptors (Lipinski definition) is 4. The monoisotopic (exact) mass is 396 g/mol. The second kappa shape index (κ2) is 15.9. The average Bonchev–Trinajstić information content (AvgIpc) is 2.61. The minimum Gasteiger partial charge on any atom is -0.391 e. The summed E-state index contributed by atoms with van der Waals surface area (Å²) in [6, 6.07) is 15.3. The van der Waals surface area contributed by atoms with Crippen LogP contribution in [0.3, 0.4) is 0 Å². The molecule has 3 nitrogen and oxygen atoms in total. The zero-order valence-electron chi connectivity index (χ0n) is 14.5. The Morgan fingerprint density at radius 3 is 2.44 bits per heavy atom. The van der Waals surface area contributed by atoms with E-state index in [1.165, 1.54) is 11.9 Å². The van der Waals surface area contributed by atoms with Crippen LogP contribution in [0.4, 0.5) is 0 Å². The molecule has 0 saturated carbocycles. The van der Waals surface area contributed by atoms with Crippen LogP contribution in [0.25, 0.3) is 0 Å². The standard InChI is InChI=1S/C9H11NO.C7H7Cl2NS.C3H4/c1-2-10-11-8-9-6-4-3-5-7-9;1-10-11-7-4-5(8)2-3-6(7)9;1-3-2/h2-7H,8H2,1H3;2-4,10H,1H3;1H,2H3/b10-2-;;. The molecule has 0 aliphatic heterocycles. The van der Waals surface area contributed by atoms with E-state index in [1.54, 1.807) is 25.3 Å². The fourth-order valence-corrected chi connectivity index (χ4v) is 2.47. The highest BCUT2D eigenvalue weighted by molar-refractivity contribution is 7.97. The molecule has 2 rings (SSSR count). The van der Waals surface area contributed by atoms with Crippen LogP contribution in [0.15, 0.2) is 58.6 Å². The highest BCUT2D eigenvalue weighted by Crippen LogP contribution is 2.27. The molecule has 2 aromatic carbocycles. The smallest absolute Gasteiger partial charge is 0.142 e. The van der Waals surface area contributed by atoms with Gasteiger partial charge >= 0.3 is 0 Å². The third-order valence-electron chi connectivity index (χ3n) is 2.36. The summed E-state index contributed by atoms with van der Waals surface area (Å²) in [4.78, 5) is 5.88. The molecule has 0 aliphatic rings. The van der Waals surface area contributed by atoms with Crippen molar-refractivity contribution in [1.29, 1.82) is 0 Å². The number of terminal acetylenes is 1. The molecule has 0 fully saturated rings. The molecule has 0 aliphatic carbocycles. The van der Waals surface area contributed by atoms with E-state index in [9.17, 15) is 0 Å². The predicted molar refractivity (Wildman–Crippen MR) is 111 cm³/mol. The van der Waals surface area contributed by atoms with Gasteiger partial charge in [0.05, 0.1) is 5.02 Å². The highest BCUT2D eigenvalue weighted by atomic mass is 35.5. The lowest BCUT2D eigenvalue weighted by Crippen LogP contribution is -1.90. The van der Waals surface area contributed by atoms with E-state index < -0.39 is 0 Å². The first-order chi connectivity index (χ1) is 12.1. The lowest BCUT2D eigenvalue weighted by atomic mass is 10.2. The van der Waals surface area contributed by atoms with E-state index in [2.05, 4.69) is 22.2 Å². The van der Waals surface area contributed by atoms with E-state index in [-0.39, 0.29) is 0 Å². The van der Waals surface area contributed by atoms with Crippen molar-refractivity contribution in [3.63, 3.8) is 0 Å². The van der Waals surface area contributed by atoms with Crippen molar-refractivity contribution in [1.82, 2.24) is 4.72 Å². The number of rotatable bonds is 5. The first-order valence-electron chi connectivity index (χ1n) is 7.38. The molecule has 0 heterocycles. The fraction of sp³-hybridized carbons (Fsp3) is 0.211. The maximum atomic E-state index is 5.86. The van der Waals surface area contributed by atoms with Gasteiger partial charge in [0.25, 0.3) is 0 Å². The molecule has 0 atom stereocenters. The average molecular weight is 397 g/mol. The Balaban J connectivity index is 0.000000399. The number of nitrogens with one attached hydrogen (secondary N) is 1. The molecular weight excluding hydrogens is 375 g/mol. The molecule has 0 bridgehead atoms. The van der Waals surface area contributed by atoms with Crippen molar-refractivity contribution >= 4 is 41.4 Å². The van der Waals surface area contributed by atoms with Gasteiger partial charge < -0.3 is 4.84 Å². The molecule has 1 N–H and O–H groups in total. The second-order valence-corrected chi connectivity index (χ2v) is 6.19. The summed E-state index contributed by atoms with van der Waals surface area (Å²) in [5, 5.41) is 5.06. The lowest BCUT2D eigenvalue weighted by Gasteiger charge is -2.01. The molecule has 134 valence electrons. The lowest BCUT2D eigenvalue weighted by molar-refractivity contribution is 0.132. The maximum absolute atomic E-state index is 5.86. The van der Waals surface area contributed by atoms with Crippen LogP contribution >= 0.6 is 35.1 Å². The SMILES string of the molecule is C#CC.C/C=N\OCc1ccccc1.CNSc1cc(Cl)ccc1Cl. The molecule has 0 aromatic heterocycles. The number of oxime groups is 1. The van der Waals surface area contributed by atoms with Crippen LogP contribution in [-0.4, -0.2) is 13.3 Å². The fourth-order valence-electron chi connectivity index (χ4n) is 1.43. The summed E-state index contributed by atoms with van der Waals surface area (Å²) in [6.07, 6.45) is 6.23. The minimum atomic E-state index is 0.547. The minimum absolute atomic E-state index is 0.547. The van der Waals surface area contributed by atoms with Gasteiger partial charge in [-0.2, -0.15) is 0 Å². The Bertz CT molecular complexity index is 658. The topological polar surface area (TPSA) is 33.6 Å². The Hall–Kier alpha value is -1.64. The zero-order valence-corrected chi connectivity index (χ0v) is 16.8. The van der Waals surface area contributed by atoms with Gasteiger partial charge in [-0.15, -0.1) is 12.3 Å². The molecular formula is C19H22Cl2N2OS. The van der Waals surface area contributed by atoms with Crippen LogP contribution in [0, 0.1) is 12.3 Å². The quantitative estimate of drug-likeness (QED) is 0.288. The van der Waals surface area contributed by atoms with Gasteiger partial charge in [0, 0.05) is 16.1 Å². The van der Waals surface area contributed by atoms with Gasteiger partial charge in [0.1, 0.15) is 6.61 Å². The Kier molecular flexibility index (Phi) is 14.8. The summed E-state index contributed by atoms with van der Waals surface area (Å²) >= 11 is 13.1. The van der Waals surface area contributed by atoms with Crippen molar-refractivity contribution < 1.29 is 4.84 Å². The molecule has 6 heteroatoms. The van der Waals surface area contributed by atoms with Gasteiger partial charge in [-0.3, -0.25) is 4.72 Å². The normalized spacial score (nSPS) is 9.28. The molecule has 0 saturated heterocycles. The van der Waals surface area contributed by atoms with Crippen LogP contribution in [0.5, 0.6) is 0 Å². The molecule has 0 unspecified atom stereocenters. The molecule has 0 spiro atoms.